The Hall–Kier alpha value is -0.990. The summed E-state index contributed by atoms with van der Waals surface area (Å²) < 4.78 is 4.93. The number of aromatic nitrogens is 1. The van der Waals surface area contributed by atoms with E-state index in [4.69, 9.17) is 10.5 Å². The Morgan fingerprint density at radius 2 is 2.25 bits per heavy atom. The predicted molar refractivity (Wildman–Crippen MR) is 86.8 cm³/mol. The number of hydrogen-bond donors (Lipinski definition) is 3. The van der Waals surface area contributed by atoms with Crippen LogP contribution >= 0.6 is 23.1 Å². The maximum Gasteiger partial charge on any atom is 0.265 e. The number of thioether (sulfide) groups is 1. The van der Waals surface area contributed by atoms with E-state index in [1.165, 1.54) is 11.3 Å². The van der Waals surface area contributed by atoms with Gasteiger partial charge in [-0.05, 0) is 20.1 Å². The first-order chi connectivity index (χ1) is 9.39. The van der Waals surface area contributed by atoms with Crippen LogP contribution in [0.2, 0.25) is 0 Å². The van der Waals surface area contributed by atoms with Gasteiger partial charge in [0.15, 0.2) is 5.13 Å². The lowest BCUT2D eigenvalue weighted by Crippen LogP contribution is -2.36. The molecule has 0 aliphatic carbocycles. The fourth-order valence-electron chi connectivity index (χ4n) is 1.28. The van der Waals surface area contributed by atoms with Crippen LogP contribution in [0.1, 0.15) is 23.5 Å². The Kier molecular flexibility index (Phi) is 6.57. The van der Waals surface area contributed by atoms with Gasteiger partial charge in [-0.25, -0.2) is 4.98 Å². The molecule has 0 fully saturated rings. The van der Waals surface area contributed by atoms with Gasteiger partial charge in [-0.15, -0.1) is 0 Å². The highest BCUT2D eigenvalue weighted by Gasteiger charge is 2.20. The van der Waals surface area contributed by atoms with Gasteiger partial charge in [-0.3, -0.25) is 4.79 Å². The molecular formula is C12H22N4O2S2. The molecule has 4 N–H and O–H groups in total. The molecule has 0 spiro atoms. The van der Waals surface area contributed by atoms with Gasteiger partial charge in [0.1, 0.15) is 10.7 Å². The molecule has 1 aromatic heterocycles. The molecule has 0 unspecified atom stereocenters. The van der Waals surface area contributed by atoms with Crippen LogP contribution < -0.4 is 16.4 Å². The van der Waals surface area contributed by atoms with E-state index in [1.807, 2.05) is 6.26 Å². The molecule has 0 aromatic carbocycles. The molecule has 0 saturated carbocycles. The van der Waals surface area contributed by atoms with Gasteiger partial charge in [0.25, 0.3) is 5.91 Å². The molecular weight excluding hydrogens is 296 g/mol. The second-order valence-electron chi connectivity index (χ2n) is 4.80. The van der Waals surface area contributed by atoms with E-state index in [-0.39, 0.29) is 16.5 Å². The van der Waals surface area contributed by atoms with Crippen LogP contribution in [0.25, 0.3) is 0 Å². The van der Waals surface area contributed by atoms with Crippen molar-refractivity contribution in [3.8, 4) is 0 Å². The smallest absolute Gasteiger partial charge is 0.265 e. The maximum absolute atomic E-state index is 12.1. The molecule has 0 saturated heterocycles. The van der Waals surface area contributed by atoms with Crippen molar-refractivity contribution in [3.63, 3.8) is 0 Å². The van der Waals surface area contributed by atoms with Crippen LogP contribution in [-0.2, 0) is 4.74 Å². The van der Waals surface area contributed by atoms with Crippen LogP contribution in [0.4, 0.5) is 10.9 Å². The van der Waals surface area contributed by atoms with Gasteiger partial charge in [0, 0.05) is 24.9 Å². The number of rotatable bonds is 8. The van der Waals surface area contributed by atoms with Crippen molar-refractivity contribution in [2.24, 2.45) is 0 Å². The summed E-state index contributed by atoms with van der Waals surface area (Å²) >= 11 is 2.96. The van der Waals surface area contributed by atoms with Gasteiger partial charge in [-0.2, -0.15) is 11.8 Å². The van der Waals surface area contributed by atoms with Crippen molar-refractivity contribution in [3.05, 3.63) is 4.88 Å². The van der Waals surface area contributed by atoms with E-state index in [0.29, 0.717) is 29.7 Å². The Morgan fingerprint density at radius 3 is 2.85 bits per heavy atom. The van der Waals surface area contributed by atoms with Crippen molar-refractivity contribution in [2.45, 2.75) is 18.6 Å². The zero-order chi connectivity index (χ0) is 15.2. The summed E-state index contributed by atoms with van der Waals surface area (Å²) in [4.78, 5) is 16.7. The molecule has 6 nitrogen and oxygen atoms in total. The molecule has 1 heterocycles. The predicted octanol–water partition coefficient (Wildman–Crippen LogP) is 1.66. The van der Waals surface area contributed by atoms with Crippen LogP contribution in [-0.4, -0.2) is 48.7 Å². The van der Waals surface area contributed by atoms with E-state index in [0.717, 1.165) is 0 Å². The largest absolute Gasteiger partial charge is 0.383 e. The molecule has 1 rings (SSSR count). The van der Waals surface area contributed by atoms with Crippen LogP contribution in [0.5, 0.6) is 0 Å². The lowest BCUT2D eigenvalue weighted by atomic mass is 10.2. The number of carbonyl (C=O) groups is 1. The van der Waals surface area contributed by atoms with Crippen LogP contribution in [0.15, 0.2) is 0 Å². The number of carbonyl (C=O) groups excluding carboxylic acids is 1. The topological polar surface area (TPSA) is 89.3 Å². The fourth-order valence-corrected chi connectivity index (χ4v) is 2.32. The number of nitrogen functional groups attached to an aromatic ring is 1. The summed E-state index contributed by atoms with van der Waals surface area (Å²) in [5.41, 5.74) is 5.78. The molecule has 114 valence electrons. The Bertz CT molecular complexity index is 449. The molecule has 20 heavy (non-hydrogen) atoms. The Morgan fingerprint density at radius 1 is 1.55 bits per heavy atom. The molecule has 0 radical (unpaired) electrons. The number of nitrogens with two attached hydrogens (primary N) is 1. The van der Waals surface area contributed by atoms with Gasteiger partial charge >= 0.3 is 0 Å². The molecule has 1 aromatic rings. The third-order valence-corrected chi connectivity index (χ3v) is 4.95. The highest BCUT2D eigenvalue weighted by molar-refractivity contribution is 7.99. The highest BCUT2D eigenvalue weighted by atomic mass is 32.2. The summed E-state index contributed by atoms with van der Waals surface area (Å²) in [5, 5.41) is 6.59. The number of methoxy groups -OCH3 is 1. The number of nitrogens with one attached hydrogen (secondary N) is 2. The molecule has 0 aliphatic rings. The Labute approximate surface area is 127 Å². The van der Waals surface area contributed by atoms with Crippen molar-refractivity contribution in [2.75, 3.05) is 44.1 Å². The van der Waals surface area contributed by atoms with Crippen molar-refractivity contribution < 1.29 is 9.53 Å². The van der Waals surface area contributed by atoms with E-state index < -0.39 is 0 Å². The quantitative estimate of drug-likeness (QED) is 0.632. The molecule has 8 heteroatoms. The molecule has 1 amide bonds. The number of anilines is 2. The van der Waals surface area contributed by atoms with Crippen molar-refractivity contribution >= 4 is 40.0 Å². The summed E-state index contributed by atoms with van der Waals surface area (Å²) in [7, 11) is 1.63. The summed E-state index contributed by atoms with van der Waals surface area (Å²) in [6.45, 7) is 5.93. The number of amides is 1. The monoisotopic (exact) mass is 318 g/mol. The van der Waals surface area contributed by atoms with Gasteiger partial charge < -0.3 is 21.1 Å². The van der Waals surface area contributed by atoms with Gasteiger partial charge in [0.2, 0.25) is 0 Å². The summed E-state index contributed by atoms with van der Waals surface area (Å²) in [6, 6.07) is 0. The van der Waals surface area contributed by atoms with Crippen molar-refractivity contribution in [1.29, 1.82) is 0 Å². The third-order valence-electron chi connectivity index (χ3n) is 2.67. The zero-order valence-electron chi connectivity index (χ0n) is 12.3. The fraction of sp³-hybridized carbons (Fsp3) is 0.667. The molecule has 0 atom stereocenters. The van der Waals surface area contributed by atoms with E-state index in [9.17, 15) is 4.79 Å². The number of thiazole rings is 1. The summed E-state index contributed by atoms with van der Waals surface area (Å²) in [5.74, 6) is 0.0799. The first-order valence-corrected chi connectivity index (χ1v) is 8.26. The third kappa shape index (κ3) is 5.18. The molecule has 0 bridgehead atoms. The minimum absolute atomic E-state index is 0.00530. The average molecular weight is 318 g/mol. The molecule has 0 aliphatic heterocycles. The first-order valence-electron chi connectivity index (χ1n) is 6.22. The normalized spacial score (nSPS) is 11.4. The maximum atomic E-state index is 12.1. The van der Waals surface area contributed by atoms with Gasteiger partial charge in [-0.1, -0.05) is 11.3 Å². The minimum Gasteiger partial charge on any atom is -0.383 e. The highest BCUT2D eigenvalue weighted by Crippen LogP contribution is 2.25. The number of hydrogen-bond acceptors (Lipinski definition) is 7. The van der Waals surface area contributed by atoms with E-state index in [2.05, 4.69) is 29.5 Å². The van der Waals surface area contributed by atoms with E-state index in [1.54, 1.807) is 18.9 Å². The second kappa shape index (κ2) is 7.70. The lowest BCUT2D eigenvalue weighted by Gasteiger charge is -2.21. The van der Waals surface area contributed by atoms with Gasteiger partial charge in [0.05, 0.1) is 6.61 Å². The zero-order valence-corrected chi connectivity index (χ0v) is 13.9. The SMILES string of the molecule is COCCNc1nc(N)c(C(=O)NCC(C)(C)SC)s1. The first kappa shape index (κ1) is 17.1. The standard InChI is InChI=1S/C12H22N4O2S2/c1-12(2,19-4)7-15-10(17)8-9(13)16-11(20-8)14-5-6-18-3/h5-7,13H2,1-4H3,(H,14,16)(H,15,17). The number of ether oxygens (including phenoxy) is 1. The second-order valence-corrected chi connectivity index (χ2v) is 7.31. The van der Waals surface area contributed by atoms with Crippen molar-refractivity contribution in [1.82, 2.24) is 10.3 Å². The minimum atomic E-state index is -0.179. The summed E-state index contributed by atoms with van der Waals surface area (Å²) in [6.07, 6.45) is 2.02. The number of nitrogens with zero attached hydrogens (tertiary/aromatic N) is 1. The van der Waals surface area contributed by atoms with Crippen LogP contribution in [0.3, 0.4) is 0 Å². The van der Waals surface area contributed by atoms with E-state index >= 15 is 0 Å². The lowest BCUT2D eigenvalue weighted by molar-refractivity contribution is 0.0955. The van der Waals surface area contributed by atoms with Crippen LogP contribution in [0, 0.1) is 0 Å². The average Bonchev–Trinajstić information content (AvgIpc) is 2.78. The Balaban J connectivity index is 2.60.